The zero-order chi connectivity index (χ0) is 18.7. The number of oxazole rings is 1. The van der Waals surface area contributed by atoms with Gasteiger partial charge in [-0.25, -0.2) is 14.0 Å². The number of rotatable bonds is 4. The number of benzene rings is 1. The van der Waals surface area contributed by atoms with Gasteiger partial charge in [0, 0.05) is 0 Å². The molecule has 0 radical (unpaired) electrons. The molecular weight excluding hydrogens is 347 g/mol. The highest BCUT2D eigenvalue weighted by atomic mass is 19.1. The lowest BCUT2D eigenvalue weighted by Gasteiger charge is -2.13. The molecule has 2 heterocycles. The van der Waals surface area contributed by atoms with E-state index in [4.69, 9.17) is 14.4 Å². The van der Waals surface area contributed by atoms with E-state index >= 15 is 0 Å². The van der Waals surface area contributed by atoms with Crippen molar-refractivity contribution < 1.29 is 27.9 Å². The molecule has 1 N–H and O–H groups in total. The average molecular weight is 360 g/mol. The number of amides is 2. The lowest BCUT2D eigenvalue weighted by Crippen LogP contribution is -2.34. The molecule has 3 rings (SSSR count). The Kier molecular flexibility index (Phi) is 4.70. The van der Waals surface area contributed by atoms with E-state index in [1.54, 1.807) is 6.07 Å². The number of anilines is 1. The van der Waals surface area contributed by atoms with Gasteiger partial charge < -0.3 is 19.2 Å². The molecule has 134 valence electrons. The molecule has 0 aliphatic carbocycles. The zero-order valence-corrected chi connectivity index (χ0v) is 13.6. The molecule has 26 heavy (non-hydrogen) atoms. The molecule has 1 aromatic heterocycles. The average Bonchev–Trinajstić information content (AvgIpc) is 3.26. The van der Waals surface area contributed by atoms with Gasteiger partial charge in [-0.15, -0.1) is 0 Å². The highest BCUT2D eigenvalue weighted by molar-refractivity contribution is 5.90. The summed E-state index contributed by atoms with van der Waals surface area (Å²) < 4.78 is 29.0. The number of methoxy groups -OCH3 is 1. The third-order valence-corrected chi connectivity index (χ3v) is 3.65. The topological polar surface area (TPSA) is 118 Å². The van der Waals surface area contributed by atoms with Gasteiger partial charge in [-0.2, -0.15) is 10.2 Å². The standard InChI is InChI=1S/C16H13FN4O5/c1-24-15(22)19-6-11-7-21(16(23)26-11)10-2-3-12(13(17)4-10)14-20-9(5-18)8-25-14/h2-4,8,11H,6-7H2,1H3,(H,19,22). The molecule has 1 unspecified atom stereocenters. The summed E-state index contributed by atoms with van der Waals surface area (Å²) in [6, 6.07) is 5.83. The van der Waals surface area contributed by atoms with Crippen molar-refractivity contribution in [3.63, 3.8) is 0 Å². The van der Waals surface area contributed by atoms with Crippen LogP contribution in [0.4, 0.5) is 19.7 Å². The van der Waals surface area contributed by atoms with Crippen LogP contribution >= 0.6 is 0 Å². The van der Waals surface area contributed by atoms with Crippen molar-refractivity contribution in [2.75, 3.05) is 25.1 Å². The fourth-order valence-electron chi connectivity index (χ4n) is 2.40. The Morgan fingerprint density at radius 1 is 1.58 bits per heavy atom. The summed E-state index contributed by atoms with van der Waals surface area (Å²) in [6.45, 7) is 0.210. The van der Waals surface area contributed by atoms with Crippen LogP contribution in [0.1, 0.15) is 5.69 Å². The molecule has 2 amide bonds. The van der Waals surface area contributed by atoms with Gasteiger partial charge in [0.15, 0.2) is 5.69 Å². The quantitative estimate of drug-likeness (QED) is 0.886. The monoisotopic (exact) mass is 360 g/mol. The fraction of sp³-hybridized carbons (Fsp3) is 0.250. The predicted octanol–water partition coefficient (Wildman–Crippen LogP) is 2.03. The number of nitrogens with zero attached hydrogens (tertiary/aromatic N) is 3. The van der Waals surface area contributed by atoms with Crippen molar-refractivity contribution >= 4 is 17.9 Å². The SMILES string of the molecule is COC(=O)NCC1CN(c2ccc(-c3nc(C#N)co3)c(F)c2)C(=O)O1. The molecule has 10 heteroatoms. The molecule has 1 aliphatic heterocycles. The molecule has 0 spiro atoms. The van der Waals surface area contributed by atoms with Crippen LogP contribution in [0.2, 0.25) is 0 Å². The van der Waals surface area contributed by atoms with Crippen LogP contribution in [-0.4, -0.2) is 43.5 Å². The van der Waals surface area contributed by atoms with Gasteiger partial charge in [0.2, 0.25) is 5.89 Å². The number of hydrogen-bond acceptors (Lipinski definition) is 7. The van der Waals surface area contributed by atoms with Crippen molar-refractivity contribution in [2.24, 2.45) is 0 Å². The Balaban J connectivity index is 1.73. The van der Waals surface area contributed by atoms with Gasteiger partial charge in [-0.3, -0.25) is 4.90 Å². The first-order valence-corrected chi connectivity index (χ1v) is 7.47. The van der Waals surface area contributed by atoms with E-state index in [2.05, 4.69) is 15.0 Å². The smallest absolute Gasteiger partial charge is 0.414 e. The van der Waals surface area contributed by atoms with Crippen LogP contribution in [0.5, 0.6) is 0 Å². The molecular formula is C16H13FN4O5. The zero-order valence-electron chi connectivity index (χ0n) is 13.6. The second-order valence-electron chi connectivity index (χ2n) is 5.30. The fourth-order valence-corrected chi connectivity index (χ4v) is 2.40. The molecule has 0 saturated carbocycles. The van der Waals surface area contributed by atoms with Gasteiger partial charge >= 0.3 is 12.2 Å². The van der Waals surface area contributed by atoms with E-state index in [0.717, 1.165) is 12.3 Å². The summed E-state index contributed by atoms with van der Waals surface area (Å²) >= 11 is 0. The number of nitriles is 1. The number of hydrogen-bond donors (Lipinski definition) is 1. The summed E-state index contributed by atoms with van der Waals surface area (Å²) in [5.74, 6) is -0.701. The maximum atomic E-state index is 14.4. The second kappa shape index (κ2) is 7.10. The molecule has 2 aromatic rings. The Hall–Kier alpha value is -3.61. The van der Waals surface area contributed by atoms with Gasteiger partial charge in [0.05, 0.1) is 31.5 Å². The van der Waals surface area contributed by atoms with Crippen LogP contribution < -0.4 is 10.2 Å². The lowest BCUT2D eigenvalue weighted by atomic mass is 10.1. The van der Waals surface area contributed by atoms with E-state index in [1.165, 1.54) is 24.1 Å². The van der Waals surface area contributed by atoms with E-state index in [1.807, 2.05) is 0 Å². The van der Waals surface area contributed by atoms with Crippen LogP contribution in [-0.2, 0) is 9.47 Å². The summed E-state index contributed by atoms with van der Waals surface area (Å²) in [4.78, 5) is 28.1. The third kappa shape index (κ3) is 3.41. The molecule has 9 nitrogen and oxygen atoms in total. The summed E-state index contributed by atoms with van der Waals surface area (Å²) in [6.07, 6.45) is -0.761. The molecule has 1 saturated heterocycles. The Bertz CT molecular complexity index is 891. The molecule has 1 aromatic carbocycles. The summed E-state index contributed by atoms with van der Waals surface area (Å²) in [7, 11) is 1.22. The maximum absolute atomic E-state index is 14.4. The Morgan fingerprint density at radius 2 is 2.38 bits per heavy atom. The highest BCUT2D eigenvalue weighted by Gasteiger charge is 2.33. The van der Waals surface area contributed by atoms with Crippen LogP contribution in [0.15, 0.2) is 28.9 Å². The van der Waals surface area contributed by atoms with E-state index in [0.29, 0.717) is 0 Å². The van der Waals surface area contributed by atoms with Crippen molar-refractivity contribution in [1.29, 1.82) is 5.26 Å². The van der Waals surface area contributed by atoms with Crippen LogP contribution in [0.25, 0.3) is 11.5 Å². The molecule has 1 fully saturated rings. The number of ether oxygens (including phenoxy) is 2. The maximum Gasteiger partial charge on any atom is 0.414 e. The third-order valence-electron chi connectivity index (χ3n) is 3.65. The molecule has 0 bridgehead atoms. The van der Waals surface area contributed by atoms with Crippen LogP contribution in [0, 0.1) is 17.1 Å². The number of alkyl carbamates (subject to hydrolysis) is 1. The van der Waals surface area contributed by atoms with E-state index in [9.17, 15) is 14.0 Å². The minimum absolute atomic E-state index is 0.0326. The van der Waals surface area contributed by atoms with E-state index in [-0.39, 0.29) is 35.9 Å². The molecule has 1 atom stereocenters. The van der Waals surface area contributed by atoms with Crippen molar-refractivity contribution in [2.45, 2.75) is 6.10 Å². The summed E-state index contributed by atoms with van der Waals surface area (Å²) in [5.41, 5.74) is 0.378. The van der Waals surface area contributed by atoms with Crippen molar-refractivity contribution in [3.05, 3.63) is 36.0 Å². The second-order valence-corrected chi connectivity index (χ2v) is 5.30. The van der Waals surface area contributed by atoms with Crippen molar-refractivity contribution in [1.82, 2.24) is 10.3 Å². The number of aromatic nitrogens is 1. The largest absolute Gasteiger partial charge is 0.453 e. The minimum Gasteiger partial charge on any atom is -0.453 e. The highest BCUT2D eigenvalue weighted by Crippen LogP contribution is 2.28. The first kappa shape index (κ1) is 17.2. The van der Waals surface area contributed by atoms with Gasteiger partial charge in [-0.1, -0.05) is 0 Å². The van der Waals surface area contributed by atoms with Crippen molar-refractivity contribution in [3.8, 4) is 17.5 Å². The first-order valence-electron chi connectivity index (χ1n) is 7.47. The van der Waals surface area contributed by atoms with E-state index < -0.39 is 24.1 Å². The number of carbonyl (C=O) groups excluding carboxylic acids is 2. The molecule has 1 aliphatic rings. The van der Waals surface area contributed by atoms with Crippen LogP contribution in [0.3, 0.4) is 0 Å². The number of carbonyl (C=O) groups is 2. The van der Waals surface area contributed by atoms with Gasteiger partial charge in [0.1, 0.15) is 24.3 Å². The summed E-state index contributed by atoms with van der Waals surface area (Å²) in [5, 5.41) is 11.2. The first-order chi connectivity index (χ1) is 12.5. The Morgan fingerprint density at radius 3 is 3.04 bits per heavy atom. The normalized spacial score (nSPS) is 16.1. The Labute approximate surface area is 146 Å². The lowest BCUT2D eigenvalue weighted by molar-refractivity contribution is 0.132. The number of nitrogens with one attached hydrogen (secondary N) is 1. The van der Waals surface area contributed by atoms with Gasteiger partial charge in [-0.05, 0) is 18.2 Å². The number of cyclic esters (lactones) is 1. The number of halogens is 1. The minimum atomic E-state index is -0.669. The predicted molar refractivity (Wildman–Crippen MR) is 84.6 cm³/mol. The van der Waals surface area contributed by atoms with Gasteiger partial charge in [0.25, 0.3) is 0 Å².